The molecule has 0 amide bonds. The van der Waals surface area contributed by atoms with Crippen molar-refractivity contribution in [3.8, 4) is 0 Å². The van der Waals surface area contributed by atoms with E-state index in [1.165, 1.54) is 64.2 Å². The second kappa shape index (κ2) is 16.3. The van der Waals surface area contributed by atoms with E-state index in [0.717, 1.165) is 24.8 Å². The van der Waals surface area contributed by atoms with Crippen molar-refractivity contribution in [2.45, 2.75) is 90.4 Å². The second-order valence-electron chi connectivity index (χ2n) is 7.26. The Labute approximate surface area is 165 Å². The molecule has 0 radical (unpaired) electrons. The van der Waals surface area contributed by atoms with Crippen LogP contribution in [0.3, 0.4) is 0 Å². The Bertz CT molecular complexity index is 563. The van der Waals surface area contributed by atoms with E-state index in [1.807, 2.05) is 6.07 Å². The minimum absolute atomic E-state index is 0.201. The van der Waals surface area contributed by atoms with Crippen LogP contribution in [0.25, 0.3) is 0 Å². The summed E-state index contributed by atoms with van der Waals surface area (Å²) in [5, 5.41) is 10.8. The smallest absolute Gasteiger partial charge is 0.258 e. The van der Waals surface area contributed by atoms with E-state index in [1.54, 1.807) is 18.2 Å². The molecule has 150 valence electrons. The third-order valence-corrected chi connectivity index (χ3v) is 4.79. The maximum absolute atomic E-state index is 10.8. The van der Waals surface area contributed by atoms with Gasteiger partial charge in [0.05, 0.1) is 4.92 Å². The molecule has 0 aromatic heterocycles. The van der Waals surface area contributed by atoms with Gasteiger partial charge in [-0.15, -0.1) is 0 Å². The SMILES string of the molecule is CCCCCC=CCC=CCCCCCCCCc1cccc([N+](=O)[O-])c1. The average molecular weight is 372 g/mol. The highest BCUT2D eigenvalue weighted by atomic mass is 16.6. The van der Waals surface area contributed by atoms with Crippen molar-refractivity contribution in [3.63, 3.8) is 0 Å². The van der Waals surface area contributed by atoms with Crippen molar-refractivity contribution in [3.05, 3.63) is 64.2 Å². The van der Waals surface area contributed by atoms with E-state index in [2.05, 4.69) is 31.2 Å². The minimum atomic E-state index is -0.318. The summed E-state index contributed by atoms with van der Waals surface area (Å²) < 4.78 is 0. The molecule has 0 aliphatic carbocycles. The number of allylic oxidation sites excluding steroid dienone is 4. The first-order valence-corrected chi connectivity index (χ1v) is 10.8. The van der Waals surface area contributed by atoms with Gasteiger partial charge in [0.25, 0.3) is 5.69 Å². The molecule has 0 bridgehead atoms. The van der Waals surface area contributed by atoms with Crippen molar-refractivity contribution in [2.24, 2.45) is 0 Å². The standard InChI is InChI=1S/C24H37NO2/c1-2-3-4-5-6-7-8-9-10-11-12-13-14-15-16-17-19-23-20-18-21-24(22-23)25(26)27/h6-7,9-10,18,20-22H,2-5,8,11-17,19H2,1H3. The van der Waals surface area contributed by atoms with Gasteiger partial charge in [0.2, 0.25) is 0 Å². The molecule has 27 heavy (non-hydrogen) atoms. The highest BCUT2D eigenvalue weighted by Crippen LogP contribution is 2.16. The van der Waals surface area contributed by atoms with Crippen molar-refractivity contribution in [1.82, 2.24) is 0 Å². The first-order valence-electron chi connectivity index (χ1n) is 10.8. The van der Waals surface area contributed by atoms with E-state index in [-0.39, 0.29) is 10.6 Å². The Hall–Kier alpha value is -1.90. The van der Waals surface area contributed by atoms with Crippen molar-refractivity contribution < 1.29 is 4.92 Å². The maximum Gasteiger partial charge on any atom is 0.269 e. The van der Waals surface area contributed by atoms with Crippen molar-refractivity contribution in [1.29, 1.82) is 0 Å². The lowest BCUT2D eigenvalue weighted by Gasteiger charge is -2.02. The van der Waals surface area contributed by atoms with E-state index >= 15 is 0 Å². The average Bonchev–Trinajstić information content (AvgIpc) is 2.68. The Morgan fingerprint density at radius 3 is 2.15 bits per heavy atom. The van der Waals surface area contributed by atoms with Crippen LogP contribution in [0.5, 0.6) is 0 Å². The molecule has 0 saturated heterocycles. The fraction of sp³-hybridized carbons (Fsp3) is 0.583. The number of hydrogen-bond donors (Lipinski definition) is 0. The van der Waals surface area contributed by atoms with E-state index < -0.39 is 0 Å². The molecule has 0 N–H and O–H groups in total. The summed E-state index contributed by atoms with van der Waals surface area (Å²) >= 11 is 0. The van der Waals surface area contributed by atoms with Crippen LogP contribution in [-0.4, -0.2) is 4.92 Å². The molecule has 1 rings (SSSR count). The van der Waals surface area contributed by atoms with Crippen LogP contribution in [0.2, 0.25) is 0 Å². The molecule has 3 heteroatoms. The summed E-state index contributed by atoms with van der Waals surface area (Å²) in [5.74, 6) is 0. The van der Waals surface area contributed by atoms with Gasteiger partial charge in [0.1, 0.15) is 0 Å². The number of unbranched alkanes of at least 4 members (excludes halogenated alkanes) is 9. The van der Waals surface area contributed by atoms with Gasteiger partial charge in [-0.3, -0.25) is 10.1 Å². The fourth-order valence-corrected chi connectivity index (χ4v) is 3.14. The zero-order valence-electron chi connectivity index (χ0n) is 17.1. The highest BCUT2D eigenvalue weighted by molar-refractivity contribution is 5.34. The lowest BCUT2D eigenvalue weighted by atomic mass is 10.0. The Balaban J connectivity index is 1.92. The normalized spacial score (nSPS) is 11.6. The van der Waals surface area contributed by atoms with Crippen LogP contribution >= 0.6 is 0 Å². The number of nitrogens with zero attached hydrogens (tertiary/aromatic N) is 1. The van der Waals surface area contributed by atoms with Crippen molar-refractivity contribution >= 4 is 5.69 Å². The molecule has 0 spiro atoms. The first kappa shape index (κ1) is 23.1. The summed E-state index contributed by atoms with van der Waals surface area (Å²) in [6.45, 7) is 2.24. The summed E-state index contributed by atoms with van der Waals surface area (Å²) in [4.78, 5) is 10.5. The lowest BCUT2D eigenvalue weighted by molar-refractivity contribution is -0.384. The van der Waals surface area contributed by atoms with Gasteiger partial charge in [0.15, 0.2) is 0 Å². The number of rotatable bonds is 16. The van der Waals surface area contributed by atoms with Crippen LogP contribution in [-0.2, 0) is 6.42 Å². The molecule has 0 heterocycles. The Morgan fingerprint density at radius 1 is 0.852 bits per heavy atom. The minimum Gasteiger partial charge on any atom is -0.258 e. The van der Waals surface area contributed by atoms with Gasteiger partial charge >= 0.3 is 0 Å². The van der Waals surface area contributed by atoms with Gasteiger partial charge in [-0.2, -0.15) is 0 Å². The van der Waals surface area contributed by atoms with E-state index in [9.17, 15) is 10.1 Å². The van der Waals surface area contributed by atoms with Crippen LogP contribution in [0, 0.1) is 10.1 Å². The number of nitro groups is 1. The van der Waals surface area contributed by atoms with Gasteiger partial charge in [-0.1, -0.05) is 81.9 Å². The lowest BCUT2D eigenvalue weighted by Crippen LogP contribution is -1.91. The quantitative estimate of drug-likeness (QED) is 0.128. The predicted octanol–water partition coefficient (Wildman–Crippen LogP) is 7.95. The van der Waals surface area contributed by atoms with Gasteiger partial charge < -0.3 is 0 Å². The number of hydrogen-bond acceptors (Lipinski definition) is 2. The molecular formula is C24H37NO2. The van der Waals surface area contributed by atoms with Crippen molar-refractivity contribution in [2.75, 3.05) is 0 Å². The summed E-state index contributed by atoms with van der Waals surface area (Å²) in [7, 11) is 0. The van der Waals surface area contributed by atoms with Crippen LogP contribution in [0.4, 0.5) is 5.69 Å². The highest BCUT2D eigenvalue weighted by Gasteiger charge is 2.05. The van der Waals surface area contributed by atoms with Crippen LogP contribution in [0.15, 0.2) is 48.6 Å². The first-order chi connectivity index (χ1) is 13.2. The molecule has 1 aromatic rings. The summed E-state index contributed by atoms with van der Waals surface area (Å²) in [6, 6.07) is 7.03. The molecule has 0 fully saturated rings. The maximum atomic E-state index is 10.8. The summed E-state index contributed by atoms with van der Waals surface area (Å²) in [6.07, 6.45) is 25.1. The molecule has 1 aromatic carbocycles. The summed E-state index contributed by atoms with van der Waals surface area (Å²) in [5.41, 5.74) is 1.28. The molecule has 0 atom stereocenters. The van der Waals surface area contributed by atoms with Gasteiger partial charge in [-0.25, -0.2) is 0 Å². The van der Waals surface area contributed by atoms with Gasteiger partial charge in [-0.05, 0) is 50.5 Å². The fourth-order valence-electron chi connectivity index (χ4n) is 3.14. The second-order valence-corrected chi connectivity index (χ2v) is 7.26. The molecule has 0 saturated carbocycles. The zero-order valence-corrected chi connectivity index (χ0v) is 17.1. The Morgan fingerprint density at radius 2 is 1.48 bits per heavy atom. The molecule has 3 nitrogen and oxygen atoms in total. The monoisotopic (exact) mass is 371 g/mol. The number of benzene rings is 1. The predicted molar refractivity (Wildman–Crippen MR) is 116 cm³/mol. The zero-order chi connectivity index (χ0) is 19.6. The number of nitro benzene ring substituents is 1. The third kappa shape index (κ3) is 13.0. The Kier molecular flexibility index (Phi) is 14.0. The topological polar surface area (TPSA) is 43.1 Å². The number of aryl methyl sites for hydroxylation is 1. The van der Waals surface area contributed by atoms with E-state index in [0.29, 0.717) is 0 Å². The van der Waals surface area contributed by atoms with Crippen LogP contribution in [0.1, 0.15) is 89.5 Å². The van der Waals surface area contributed by atoms with Crippen LogP contribution < -0.4 is 0 Å². The molecule has 0 unspecified atom stereocenters. The largest absolute Gasteiger partial charge is 0.269 e. The third-order valence-electron chi connectivity index (χ3n) is 4.79. The number of non-ortho nitro benzene ring substituents is 1. The molecular weight excluding hydrogens is 334 g/mol. The van der Waals surface area contributed by atoms with E-state index in [4.69, 9.17) is 0 Å². The molecule has 0 aliphatic heterocycles. The molecule has 0 aliphatic rings. The van der Waals surface area contributed by atoms with Gasteiger partial charge in [0, 0.05) is 12.1 Å².